The first-order valence-electron chi connectivity index (χ1n) is 5.42. The van der Waals surface area contributed by atoms with E-state index in [0.717, 1.165) is 5.56 Å². The number of nitrogens with one attached hydrogen (secondary N) is 1. The molecular formula is C12H17N3O3. The standard InChI is InChI=1S/C12H17N3O3/c1-18-12(8-10(13)16,15-11(14)17)7-9-5-3-2-4-6-9/h2-6H,7-8H2,1H3,(H2,13,16)(H3,14,15,17). The van der Waals surface area contributed by atoms with E-state index < -0.39 is 17.7 Å². The Hall–Kier alpha value is -2.08. The summed E-state index contributed by atoms with van der Waals surface area (Å²) < 4.78 is 5.25. The third-order valence-electron chi connectivity index (χ3n) is 2.53. The van der Waals surface area contributed by atoms with Gasteiger partial charge in [-0.15, -0.1) is 0 Å². The fourth-order valence-electron chi connectivity index (χ4n) is 1.78. The van der Waals surface area contributed by atoms with E-state index in [-0.39, 0.29) is 6.42 Å². The molecule has 0 aliphatic heterocycles. The zero-order valence-corrected chi connectivity index (χ0v) is 10.2. The maximum absolute atomic E-state index is 11.1. The van der Waals surface area contributed by atoms with Gasteiger partial charge in [-0.25, -0.2) is 4.79 Å². The van der Waals surface area contributed by atoms with Crippen LogP contribution in [0.3, 0.4) is 0 Å². The van der Waals surface area contributed by atoms with E-state index in [1.54, 1.807) is 0 Å². The van der Waals surface area contributed by atoms with Crippen LogP contribution in [0.15, 0.2) is 30.3 Å². The fourth-order valence-corrected chi connectivity index (χ4v) is 1.78. The van der Waals surface area contributed by atoms with Crippen molar-refractivity contribution in [2.24, 2.45) is 11.5 Å². The van der Waals surface area contributed by atoms with Gasteiger partial charge in [0.05, 0.1) is 6.42 Å². The summed E-state index contributed by atoms with van der Waals surface area (Å²) in [6.45, 7) is 0. The van der Waals surface area contributed by atoms with Crippen molar-refractivity contribution < 1.29 is 14.3 Å². The second-order valence-corrected chi connectivity index (χ2v) is 3.99. The first kappa shape index (κ1) is 14.0. The molecule has 1 aromatic rings. The molecule has 5 N–H and O–H groups in total. The van der Waals surface area contributed by atoms with Crippen LogP contribution in [0.5, 0.6) is 0 Å². The molecule has 6 heteroatoms. The molecule has 0 aliphatic carbocycles. The normalized spacial score (nSPS) is 13.6. The molecule has 98 valence electrons. The summed E-state index contributed by atoms with van der Waals surface area (Å²) in [6, 6.07) is 8.52. The first-order chi connectivity index (χ1) is 8.47. The predicted molar refractivity (Wildman–Crippen MR) is 66.4 cm³/mol. The molecule has 0 radical (unpaired) electrons. The molecule has 1 rings (SSSR count). The Labute approximate surface area is 105 Å². The highest BCUT2D eigenvalue weighted by Crippen LogP contribution is 2.18. The lowest BCUT2D eigenvalue weighted by atomic mass is 9.99. The Morgan fingerprint density at radius 3 is 2.33 bits per heavy atom. The van der Waals surface area contributed by atoms with Crippen LogP contribution < -0.4 is 16.8 Å². The number of hydrogen-bond donors (Lipinski definition) is 3. The SMILES string of the molecule is COC(CC(N)=O)(Cc1ccccc1)NC(N)=O. The van der Waals surface area contributed by atoms with Crippen molar-refractivity contribution in [2.75, 3.05) is 7.11 Å². The maximum atomic E-state index is 11.1. The Morgan fingerprint density at radius 1 is 1.28 bits per heavy atom. The number of primary amides is 2. The molecule has 0 aliphatic rings. The van der Waals surface area contributed by atoms with Crippen LogP contribution in [0.4, 0.5) is 4.79 Å². The molecule has 3 amide bonds. The fraction of sp³-hybridized carbons (Fsp3) is 0.333. The number of carbonyl (C=O) groups excluding carboxylic acids is 2. The summed E-state index contributed by atoms with van der Waals surface area (Å²) in [5, 5.41) is 2.44. The van der Waals surface area contributed by atoms with Crippen LogP contribution in [-0.2, 0) is 16.0 Å². The lowest BCUT2D eigenvalue weighted by Gasteiger charge is -2.31. The summed E-state index contributed by atoms with van der Waals surface area (Å²) >= 11 is 0. The Morgan fingerprint density at radius 2 is 1.89 bits per heavy atom. The van der Waals surface area contributed by atoms with E-state index in [4.69, 9.17) is 16.2 Å². The van der Waals surface area contributed by atoms with Crippen molar-refractivity contribution in [1.29, 1.82) is 0 Å². The van der Waals surface area contributed by atoms with E-state index in [9.17, 15) is 9.59 Å². The molecule has 0 heterocycles. The molecule has 1 unspecified atom stereocenters. The molecular weight excluding hydrogens is 234 g/mol. The van der Waals surface area contributed by atoms with Crippen molar-refractivity contribution in [3.05, 3.63) is 35.9 Å². The van der Waals surface area contributed by atoms with Crippen molar-refractivity contribution in [3.63, 3.8) is 0 Å². The number of benzene rings is 1. The summed E-state index contributed by atoms with van der Waals surface area (Å²) in [5.41, 5.74) is 9.96. The van der Waals surface area contributed by atoms with Crippen LogP contribution in [0.25, 0.3) is 0 Å². The van der Waals surface area contributed by atoms with Crippen LogP contribution in [0, 0.1) is 0 Å². The second-order valence-electron chi connectivity index (χ2n) is 3.99. The Kier molecular flexibility index (Phi) is 4.67. The molecule has 1 atom stereocenters. The number of amides is 3. The van der Waals surface area contributed by atoms with Crippen molar-refractivity contribution in [2.45, 2.75) is 18.6 Å². The molecule has 0 saturated carbocycles. The quantitative estimate of drug-likeness (QED) is 0.625. The lowest BCUT2D eigenvalue weighted by molar-refractivity contribution is -0.125. The van der Waals surface area contributed by atoms with Gasteiger partial charge in [0.15, 0.2) is 5.72 Å². The second kappa shape index (κ2) is 6.02. The number of nitrogens with two attached hydrogens (primary N) is 2. The molecule has 1 aromatic carbocycles. The smallest absolute Gasteiger partial charge is 0.314 e. The number of ether oxygens (including phenoxy) is 1. The number of urea groups is 1. The molecule has 0 spiro atoms. The number of carbonyl (C=O) groups is 2. The van der Waals surface area contributed by atoms with Gasteiger partial charge in [0.2, 0.25) is 5.91 Å². The van der Waals surface area contributed by atoms with Crippen LogP contribution in [0.2, 0.25) is 0 Å². The van der Waals surface area contributed by atoms with E-state index in [0.29, 0.717) is 6.42 Å². The zero-order chi connectivity index (χ0) is 13.6. The van der Waals surface area contributed by atoms with Gasteiger partial charge in [-0.2, -0.15) is 0 Å². The van der Waals surface area contributed by atoms with E-state index in [1.807, 2.05) is 30.3 Å². The highest BCUT2D eigenvalue weighted by atomic mass is 16.5. The number of rotatable bonds is 6. The topological polar surface area (TPSA) is 107 Å². The van der Waals surface area contributed by atoms with E-state index in [1.165, 1.54) is 7.11 Å². The van der Waals surface area contributed by atoms with Crippen LogP contribution in [-0.4, -0.2) is 24.8 Å². The average Bonchev–Trinajstić information content (AvgIpc) is 2.28. The Balaban J connectivity index is 2.94. The minimum Gasteiger partial charge on any atom is -0.370 e. The largest absolute Gasteiger partial charge is 0.370 e. The molecule has 18 heavy (non-hydrogen) atoms. The molecule has 0 bridgehead atoms. The van der Waals surface area contributed by atoms with Gasteiger partial charge in [-0.3, -0.25) is 4.79 Å². The molecule has 0 saturated heterocycles. The number of methoxy groups -OCH3 is 1. The molecule has 0 fully saturated rings. The third kappa shape index (κ3) is 4.06. The van der Waals surface area contributed by atoms with Gasteiger partial charge in [-0.05, 0) is 5.56 Å². The van der Waals surface area contributed by atoms with Crippen molar-refractivity contribution >= 4 is 11.9 Å². The molecule has 6 nitrogen and oxygen atoms in total. The third-order valence-corrected chi connectivity index (χ3v) is 2.53. The summed E-state index contributed by atoms with van der Waals surface area (Å²) in [7, 11) is 1.39. The van der Waals surface area contributed by atoms with E-state index >= 15 is 0 Å². The van der Waals surface area contributed by atoms with Gasteiger partial charge in [-0.1, -0.05) is 30.3 Å². The Bertz CT molecular complexity index is 404. The van der Waals surface area contributed by atoms with Crippen LogP contribution in [0.1, 0.15) is 12.0 Å². The maximum Gasteiger partial charge on any atom is 0.314 e. The van der Waals surface area contributed by atoms with Crippen LogP contribution >= 0.6 is 0 Å². The summed E-state index contributed by atoms with van der Waals surface area (Å²) in [4.78, 5) is 22.1. The van der Waals surface area contributed by atoms with Gasteiger partial charge in [0.1, 0.15) is 0 Å². The van der Waals surface area contributed by atoms with Gasteiger partial charge in [0, 0.05) is 13.5 Å². The monoisotopic (exact) mass is 251 g/mol. The van der Waals surface area contributed by atoms with Crippen molar-refractivity contribution in [3.8, 4) is 0 Å². The minimum atomic E-state index is -1.21. The van der Waals surface area contributed by atoms with Gasteiger partial charge in [0.25, 0.3) is 0 Å². The number of hydrogen-bond acceptors (Lipinski definition) is 3. The van der Waals surface area contributed by atoms with E-state index in [2.05, 4.69) is 5.32 Å². The highest BCUT2D eigenvalue weighted by Gasteiger charge is 2.33. The highest BCUT2D eigenvalue weighted by molar-refractivity contribution is 5.77. The average molecular weight is 251 g/mol. The van der Waals surface area contributed by atoms with Crippen molar-refractivity contribution in [1.82, 2.24) is 5.32 Å². The zero-order valence-electron chi connectivity index (χ0n) is 10.2. The molecule has 0 aromatic heterocycles. The van der Waals surface area contributed by atoms with Gasteiger partial charge < -0.3 is 21.5 Å². The predicted octanol–water partition coefficient (Wildman–Crippen LogP) is 0.115. The first-order valence-corrected chi connectivity index (χ1v) is 5.42. The summed E-state index contributed by atoms with van der Waals surface area (Å²) in [6.07, 6.45) is 0.150. The summed E-state index contributed by atoms with van der Waals surface area (Å²) in [5.74, 6) is -0.582. The van der Waals surface area contributed by atoms with Gasteiger partial charge >= 0.3 is 6.03 Å². The lowest BCUT2D eigenvalue weighted by Crippen LogP contribution is -2.55. The minimum absolute atomic E-state index is 0.151.